The molecule has 0 bridgehead atoms. The molecule has 2 nitrogen and oxygen atoms in total. The average Bonchev–Trinajstić information content (AvgIpc) is 2.78. The highest BCUT2D eigenvalue weighted by molar-refractivity contribution is 5.28. The smallest absolute Gasteiger partial charge is 0.118 e. The maximum Gasteiger partial charge on any atom is 0.118 e. The number of hydrogen-bond acceptors (Lipinski definition) is 2. The minimum absolute atomic E-state index is 0.246. The minimum Gasteiger partial charge on any atom is -0.497 e. The van der Waals surface area contributed by atoms with Gasteiger partial charge >= 0.3 is 0 Å². The summed E-state index contributed by atoms with van der Waals surface area (Å²) in [6.45, 7) is 4.62. The fourth-order valence-electron chi connectivity index (χ4n) is 2.14. The summed E-state index contributed by atoms with van der Waals surface area (Å²) in [4.78, 5) is 0. The van der Waals surface area contributed by atoms with Gasteiger partial charge < -0.3 is 9.47 Å². The van der Waals surface area contributed by atoms with Gasteiger partial charge in [0, 0.05) is 0 Å². The molecule has 16 heavy (non-hydrogen) atoms. The van der Waals surface area contributed by atoms with Gasteiger partial charge in [0.2, 0.25) is 0 Å². The fraction of sp³-hybridized carbons (Fsp3) is 0.429. The van der Waals surface area contributed by atoms with E-state index in [4.69, 9.17) is 9.47 Å². The van der Waals surface area contributed by atoms with Crippen molar-refractivity contribution in [3.05, 3.63) is 42.5 Å². The minimum atomic E-state index is 0.246. The van der Waals surface area contributed by atoms with E-state index < -0.39 is 0 Å². The molecule has 1 aromatic carbocycles. The van der Waals surface area contributed by atoms with E-state index in [1.165, 1.54) is 5.56 Å². The molecule has 0 N–H and O–H groups in total. The van der Waals surface area contributed by atoms with Crippen LogP contribution in [0.2, 0.25) is 0 Å². The molecule has 0 saturated carbocycles. The molecule has 1 unspecified atom stereocenters. The first kappa shape index (κ1) is 11.2. The molecule has 86 valence electrons. The summed E-state index contributed by atoms with van der Waals surface area (Å²) >= 11 is 0. The van der Waals surface area contributed by atoms with Crippen LogP contribution >= 0.6 is 0 Å². The quantitative estimate of drug-likeness (QED) is 0.721. The molecule has 0 amide bonds. The van der Waals surface area contributed by atoms with Gasteiger partial charge in [-0.15, -0.1) is 6.58 Å². The van der Waals surface area contributed by atoms with Crippen LogP contribution in [-0.2, 0) is 4.74 Å². The highest BCUT2D eigenvalue weighted by Gasteiger charge is 2.25. The second-order valence-electron chi connectivity index (χ2n) is 4.22. The zero-order valence-corrected chi connectivity index (χ0v) is 9.69. The van der Waals surface area contributed by atoms with Gasteiger partial charge in [-0.3, -0.25) is 0 Å². The lowest BCUT2D eigenvalue weighted by atomic mass is 9.98. The Kier molecular flexibility index (Phi) is 3.62. The summed E-state index contributed by atoms with van der Waals surface area (Å²) in [5.41, 5.74) is 1.24. The molecule has 2 heteroatoms. The number of benzene rings is 1. The van der Waals surface area contributed by atoms with Crippen molar-refractivity contribution < 1.29 is 9.47 Å². The molecule has 0 aliphatic carbocycles. The lowest BCUT2D eigenvalue weighted by Gasteiger charge is -2.10. The number of ether oxygens (including phenoxy) is 2. The average molecular weight is 218 g/mol. The molecule has 1 aromatic rings. The van der Waals surface area contributed by atoms with Gasteiger partial charge in [-0.1, -0.05) is 18.2 Å². The van der Waals surface area contributed by atoms with Crippen LogP contribution in [0.1, 0.15) is 24.5 Å². The van der Waals surface area contributed by atoms with Crippen LogP contribution < -0.4 is 4.74 Å². The van der Waals surface area contributed by atoms with E-state index in [2.05, 4.69) is 18.7 Å². The third-order valence-corrected chi connectivity index (χ3v) is 3.07. The summed E-state index contributed by atoms with van der Waals surface area (Å²) in [6, 6.07) is 8.14. The van der Waals surface area contributed by atoms with E-state index in [0.29, 0.717) is 5.92 Å². The SMILES string of the molecule is C=CC[C@H]1COC(c2ccc(OC)cc2)C1. The Hall–Kier alpha value is -1.28. The Morgan fingerprint density at radius 1 is 1.44 bits per heavy atom. The fourth-order valence-corrected chi connectivity index (χ4v) is 2.14. The molecule has 1 aliphatic rings. The first-order valence-corrected chi connectivity index (χ1v) is 5.70. The molecule has 1 heterocycles. The monoisotopic (exact) mass is 218 g/mol. The third kappa shape index (κ3) is 2.45. The lowest BCUT2D eigenvalue weighted by molar-refractivity contribution is 0.107. The second kappa shape index (κ2) is 5.17. The number of hydrogen-bond donors (Lipinski definition) is 0. The van der Waals surface area contributed by atoms with Crippen molar-refractivity contribution in [2.75, 3.05) is 13.7 Å². The highest BCUT2D eigenvalue weighted by atomic mass is 16.5. The third-order valence-electron chi connectivity index (χ3n) is 3.07. The summed E-state index contributed by atoms with van der Waals surface area (Å²) in [5.74, 6) is 1.52. The normalized spacial score (nSPS) is 24.3. The Balaban J connectivity index is 2.00. The molecule has 1 saturated heterocycles. The van der Waals surface area contributed by atoms with E-state index in [-0.39, 0.29) is 6.10 Å². The maximum absolute atomic E-state index is 5.79. The van der Waals surface area contributed by atoms with E-state index in [0.717, 1.165) is 25.2 Å². The summed E-state index contributed by atoms with van der Waals surface area (Å²) < 4.78 is 10.9. The Bertz CT molecular complexity index is 342. The zero-order valence-electron chi connectivity index (χ0n) is 9.69. The Morgan fingerprint density at radius 2 is 2.19 bits per heavy atom. The Morgan fingerprint density at radius 3 is 2.81 bits per heavy atom. The summed E-state index contributed by atoms with van der Waals surface area (Å²) in [6.07, 6.45) is 4.37. The van der Waals surface area contributed by atoms with Crippen molar-refractivity contribution in [1.82, 2.24) is 0 Å². The molecule has 0 aromatic heterocycles. The van der Waals surface area contributed by atoms with Gasteiger partial charge in [0.25, 0.3) is 0 Å². The van der Waals surface area contributed by atoms with Crippen molar-refractivity contribution in [1.29, 1.82) is 0 Å². The van der Waals surface area contributed by atoms with Gasteiger partial charge in [-0.25, -0.2) is 0 Å². The van der Waals surface area contributed by atoms with Crippen LogP contribution in [0.5, 0.6) is 5.75 Å². The van der Waals surface area contributed by atoms with Gasteiger partial charge in [0.15, 0.2) is 0 Å². The molecule has 2 atom stereocenters. The van der Waals surface area contributed by atoms with Gasteiger partial charge in [0.05, 0.1) is 19.8 Å². The molecule has 0 spiro atoms. The van der Waals surface area contributed by atoms with Crippen molar-refractivity contribution >= 4 is 0 Å². The predicted octanol–water partition coefficient (Wildman–Crippen LogP) is 3.35. The van der Waals surface area contributed by atoms with Crippen molar-refractivity contribution in [2.24, 2.45) is 5.92 Å². The highest BCUT2D eigenvalue weighted by Crippen LogP contribution is 2.34. The largest absolute Gasteiger partial charge is 0.497 e. The summed E-state index contributed by atoms with van der Waals surface area (Å²) in [5, 5.41) is 0. The zero-order chi connectivity index (χ0) is 11.4. The lowest BCUT2D eigenvalue weighted by Crippen LogP contribution is -1.96. The number of methoxy groups -OCH3 is 1. The maximum atomic E-state index is 5.79. The van der Waals surface area contributed by atoms with Crippen LogP contribution in [-0.4, -0.2) is 13.7 Å². The standard InChI is InChI=1S/C14H18O2/c1-3-4-11-9-14(16-10-11)12-5-7-13(15-2)8-6-12/h3,5-8,11,14H,1,4,9-10H2,2H3/t11-,14?/m1/s1. The Labute approximate surface area is 96.9 Å². The second-order valence-corrected chi connectivity index (χ2v) is 4.22. The molecule has 2 rings (SSSR count). The van der Waals surface area contributed by atoms with Crippen LogP contribution in [0.15, 0.2) is 36.9 Å². The van der Waals surface area contributed by atoms with E-state index >= 15 is 0 Å². The number of rotatable bonds is 4. The van der Waals surface area contributed by atoms with Crippen molar-refractivity contribution in [3.63, 3.8) is 0 Å². The topological polar surface area (TPSA) is 18.5 Å². The van der Waals surface area contributed by atoms with Crippen LogP contribution in [0.3, 0.4) is 0 Å². The molecule has 1 fully saturated rings. The van der Waals surface area contributed by atoms with Crippen molar-refractivity contribution in [2.45, 2.75) is 18.9 Å². The van der Waals surface area contributed by atoms with E-state index in [9.17, 15) is 0 Å². The van der Waals surface area contributed by atoms with E-state index in [1.54, 1.807) is 7.11 Å². The molecular weight excluding hydrogens is 200 g/mol. The number of allylic oxidation sites excluding steroid dienone is 1. The predicted molar refractivity (Wildman–Crippen MR) is 64.6 cm³/mol. The van der Waals surface area contributed by atoms with Crippen molar-refractivity contribution in [3.8, 4) is 5.75 Å². The first-order chi connectivity index (χ1) is 7.83. The summed E-state index contributed by atoms with van der Waals surface area (Å²) in [7, 11) is 1.68. The van der Waals surface area contributed by atoms with Crippen LogP contribution in [0, 0.1) is 5.92 Å². The molecular formula is C14H18O2. The van der Waals surface area contributed by atoms with Gasteiger partial charge in [-0.2, -0.15) is 0 Å². The van der Waals surface area contributed by atoms with Crippen LogP contribution in [0.4, 0.5) is 0 Å². The molecule has 1 aliphatic heterocycles. The van der Waals surface area contributed by atoms with E-state index in [1.807, 2.05) is 18.2 Å². The van der Waals surface area contributed by atoms with Gasteiger partial charge in [-0.05, 0) is 36.5 Å². The first-order valence-electron chi connectivity index (χ1n) is 5.70. The molecule has 0 radical (unpaired) electrons. The van der Waals surface area contributed by atoms with Gasteiger partial charge in [0.1, 0.15) is 5.75 Å². The van der Waals surface area contributed by atoms with Crippen LogP contribution in [0.25, 0.3) is 0 Å².